The van der Waals surface area contributed by atoms with Crippen LogP contribution in [0, 0.1) is 12.8 Å². The van der Waals surface area contributed by atoms with Gasteiger partial charge >= 0.3 is 6.09 Å². The molecule has 1 aromatic carbocycles. The highest BCUT2D eigenvalue weighted by atomic mass is 16.6. The number of carbonyl (C=O) groups is 1. The number of aromatic nitrogens is 2. The Bertz CT molecular complexity index is 1350. The number of nitrogens with zero attached hydrogens (tertiary/aromatic N) is 3. The van der Waals surface area contributed by atoms with Crippen molar-refractivity contribution in [2.75, 3.05) is 32.8 Å². The number of aromatic amines is 1. The molecule has 208 valence electrons. The van der Waals surface area contributed by atoms with Crippen LogP contribution in [0.3, 0.4) is 0 Å². The predicted molar refractivity (Wildman–Crippen MR) is 154 cm³/mol. The second kappa shape index (κ2) is 10.6. The number of likely N-dealkylation sites (tertiary alicyclic amines) is 1. The van der Waals surface area contributed by atoms with Gasteiger partial charge in [-0.25, -0.2) is 9.78 Å². The van der Waals surface area contributed by atoms with Crippen molar-refractivity contribution in [3.8, 4) is 11.1 Å². The summed E-state index contributed by atoms with van der Waals surface area (Å²) in [5.41, 5.74) is 8.03. The number of rotatable bonds is 4. The normalized spacial score (nSPS) is 20.9. The lowest BCUT2D eigenvalue weighted by atomic mass is 9.86. The van der Waals surface area contributed by atoms with E-state index in [1.165, 1.54) is 27.8 Å². The van der Waals surface area contributed by atoms with Gasteiger partial charge in [-0.15, -0.1) is 0 Å². The van der Waals surface area contributed by atoms with Gasteiger partial charge in [0.15, 0.2) is 0 Å². The molecule has 5 heterocycles. The van der Waals surface area contributed by atoms with Gasteiger partial charge in [-0.1, -0.05) is 6.07 Å². The average molecular weight is 531 g/mol. The SMILES string of the molecule is Cc1c[nH]c2ncc(-c3cc4c(c([C@@H]5CCCN5C(=O)OC(C)(C)C)c3)CN(CC3CCOCC3)CC4)cc12. The second-order valence-corrected chi connectivity index (χ2v) is 12.7. The molecule has 39 heavy (non-hydrogen) atoms. The van der Waals surface area contributed by atoms with E-state index in [0.29, 0.717) is 5.92 Å². The number of hydrogen-bond acceptors (Lipinski definition) is 5. The first-order chi connectivity index (χ1) is 18.7. The lowest BCUT2D eigenvalue weighted by Gasteiger charge is -2.36. The first kappa shape index (κ1) is 26.3. The lowest BCUT2D eigenvalue weighted by molar-refractivity contribution is 0.0223. The number of carbonyl (C=O) groups excluding carboxylic acids is 1. The summed E-state index contributed by atoms with van der Waals surface area (Å²) in [4.78, 5) is 25.9. The highest BCUT2D eigenvalue weighted by molar-refractivity contribution is 5.84. The Morgan fingerprint density at radius 3 is 2.74 bits per heavy atom. The fraction of sp³-hybridized carbons (Fsp3) is 0.562. The summed E-state index contributed by atoms with van der Waals surface area (Å²) < 4.78 is 11.5. The number of ether oxygens (including phenoxy) is 2. The van der Waals surface area contributed by atoms with Gasteiger partial charge < -0.3 is 19.4 Å². The van der Waals surface area contributed by atoms with Crippen molar-refractivity contribution in [2.24, 2.45) is 5.92 Å². The Labute approximate surface area is 231 Å². The number of amides is 1. The summed E-state index contributed by atoms with van der Waals surface area (Å²) in [5.74, 6) is 0.704. The van der Waals surface area contributed by atoms with E-state index in [9.17, 15) is 4.79 Å². The molecule has 6 rings (SSSR count). The summed E-state index contributed by atoms with van der Waals surface area (Å²) in [6.45, 7) is 13.6. The minimum atomic E-state index is -0.512. The van der Waals surface area contributed by atoms with E-state index in [4.69, 9.17) is 14.5 Å². The van der Waals surface area contributed by atoms with Crippen LogP contribution in [0.15, 0.2) is 30.6 Å². The monoisotopic (exact) mass is 530 g/mol. The minimum Gasteiger partial charge on any atom is -0.444 e. The first-order valence-electron chi connectivity index (χ1n) is 14.6. The van der Waals surface area contributed by atoms with Crippen LogP contribution in [0.4, 0.5) is 4.79 Å². The molecule has 2 aromatic heterocycles. The summed E-state index contributed by atoms with van der Waals surface area (Å²) in [5, 5.41) is 1.16. The van der Waals surface area contributed by atoms with Crippen molar-refractivity contribution >= 4 is 17.1 Å². The molecule has 7 heteroatoms. The third kappa shape index (κ3) is 5.57. The van der Waals surface area contributed by atoms with Crippen LogP contribution >= 0.6 is 0 Å². The molecule has 1 atom stereocenters. The van der Waals surface area contributed by atoms with Crippen LogP contribution < -0.4 is 0 Å². The van der Waals surface area contributed by atoms with E-state index >= 15 is 0 Å². The van der Waals surface area contributed by atoms with Crippen molar-refractivity contribution in [2.45, 2.75) is 78.0 Å². The van der Waals surface area contributed by atoms with Gasteiger partial charge in [0.2, 0.25) is 0 Å². The van der Waals surface area contributed by atoms with E-state index in [1.807, 2.05) is 38.1 Å². The van der Waals surface area contributed by atoms with Crippen molar-refractivity contribution in [3.05, 3.63) is 52.8 Å². The number of hydrogen-bond donors (Lipinski definition) is 1. The fourth-order valence-electron chi connectivity index (χ4n) is 6.59. The summed E-state index contributed by atoms with van der Waals surface area (Å²) in [6.07, 6.45) is 9.07. The molecule has 0 bridgehead atoms. The average Bonchev–Trinajstić information content (AvgIpc) is 3.55. The zero-order chi connectivity index (χ0) is 27.1. The highest BCUT2D eigenvalue weighted by Gasteiger charge is 2.36. The third-order valence-electron chi connectivity index (χ3n) is 8.62. The summed E-state index contributed by atoms with van der Waals surface area (Å²) >= 11 is 0. The molecule has 3 aliphatic heterocycles. The molecule has 0 saturated carbocycles. The van der Waals surface area contributed by atoms with Crippen LogP contribution in [0.25, 0.3) is 22.2 Å². The Hall–Kier alpha value is -2.90. The van der Waals surface area contributed by atoms with E-state index in [2.05, 4.69) is 35.0 Å². The Balaban J connectivity index is 1.38. The number of pyridine rings is 1. The third-order valence-corrected chi connectivity index (χ3v) is 8.62. The maximum atomic E-state index is 13.3. The molecule has 0 aliphatic carbocycles. The standard InChI is InChI=1S/C32H42N4O3/c1-21-17-33-30-26(21)16-25(18-34-30)24-14-23-7-11-35(19-22-8-12-38-13-9-22)20-28(23)27(15-24)29-6-5-10-36(29)31(37)39-32(2,3)4/h14-18,22,29H,5-13,19-20H2,1-4H3,(H,33,34)/t29-/m0/s1. The number of fused-ring (bicyclic) bond motifs is 2. The van der Waals surface area contributed by atoms with Crippen molar-refractivity contribution in [1.29, 1.82) is 0 Å². The summed E-state index contributed by atoms with van der Waals surface area (Å²) in [7, 11) is 0. The van der Waals surface area contributed by atoms with E-state index < -0.39 is 5.60 Å². The first-order valence-corrected chi connectivity index (χ1v) is 14.6. The Morgan fingerprint density at radius 2 is 1.95 bits per heavy atom. The quantitative estimate of drug-likeness (QED) is 0.423. The van der Waals surface area contributed by atoms with Gasteiger partial charge in [0.25, 0.3) is 0 Å². The maximum absolute atomic E-state index is 13.3. The van der Waals surface area contributed by atoms with Gasteiger partial charge in [0.05, 0.1) is 6.04 Å². The van der Waals surface area contributed by atoms with Crippen LogP contribution in [0.1, 0.15) is 74.8 Å². The second-order valence-electron chi connectivity index (χ2n) is 12.7. The van der Waals surface area contributed by atoms with E-state index in [-0.39, 0.29) is 12.1 Å². The molecule has 7 nitrogen and oxygen atoms in total. The van der Waals surface area contributed by atoms with Crippen LogP contribution in [0.2, 0.25) is 0 Å². The summed E-state index contributed by atoms with van der Waals surface area (Å²) in [6, 6.07) is 7.00. The molecule has 1 amide bonds. The molecule has 0 radical (unpaired) electrons. The molecule has 3 aromatic rings. The van der Waals surface area contributed by atoms with Crippen molar-refractivity contribution < 1.29 is 14.3 Å². The smallest absolute Gasteiger partial charge is 0.410 e. The fourth-order valence-corrected chi connectivity index (χ4v) is 6.59. The van der Waals surface area contributed by atoms with Crippen LogP contribution in [0.5, 0.6) is 0 Å². The Morgan fingerprint density at radius 1 is 1.13 bits per heavy atom. The molecule has 2 saturated heterocycles. The molecular formula is C32H42N4O3. The molecular weight excluding hydrogens is 488 g/mol. The molecule has 1 N–H and O–H groups in total. The molecule has 2 fully saturated rings. The largest absolute Gasteiger partial charge is 0.444 e. The maximum Gasteiger partial charge on any atom is 0.410 e. The van der Waals surface area contributed by atoms with Crippen LogP contribution in [-0.2, 0) is 22.4 Å². The van der Waals surface area contributed by atoms with Gasteiger partial charge in [-0.3, -0.25) is 4.90 Å². The topological polar surface area (TPSA) is 70.7 Å². The van der Waals surface area contributed by atoms with Crippen LogP contribution in [-0.4, -0.2) is 64.3 Å². The van der Waals surface area contributed by atoms with Gasteiger partial charge in [0, 0.05) is 62.7 Å². The number of H-pyrrole nitrogens is 1. The number of aryl methyl sites for hydroxylation is 1. The van der Waals surface area contributed by atoms with Gasteiger partial charge in [-0.2, -0.15) is 0 Å². The highest BCUT2D eigenvalue weighted by Crippen LogP contribution is 2.40. The van der Waals surface area contributed by atoms with Gasteiger partial charge in [0.1, 0.15) is 11.2 Å². The molecule has 0 unspecified atom stereocenters. The zero-order valence-electron chi connectivity index (χ0n) is 23.9. The van der Waals surface area contributed by atoms with E-state index in [0.717, 1.165) is 88.1 Å². The lowest BCUT2D eigenvalue weighted by Crippen LogP contribution is -2.39. The molecule has 0 spiro atoms. The number of benzene rings is 1. The zero-order valence-corrected chi connectivity index (χ0v) is 23.9. The van der Waals surface area contributed by atoms with Crippen molar-refractivity contribution in [3.63, 3.8) is 0 Å². The van der Waals surface area contributed by atoms with E-state index in [1.54, 1.807) is 0 Å². The minimum absolute atomic E-state index is 0.0299. The predicted octanol–water partition coefficient (Wildman–Crippen LogP) is 6.40. The number of nitrogens with one attached hydrogen (secondary N) is 1. The van der Waals surface area contributed by atoms with Gasteiger partial charge in [-0.05, 0) is 106 Å². The molecule has 3 aliphatic rings. The Kier molecular flexibility index (Phi) is 7.15. The van der Waals surface area contributed by atoms with Crippen molar-refractivity contribution in [1.82, 2.24) is 19.8 Å².